The number of pyridine rings is 1. The minimum atomic E-state index is -4.68. The van der Waals surface area contributed by atoms with E-state index in [1.807, 2.05) is 6.92 Å². The summed E-state index contributed by atoms with van der Waals surface area (Å²) in [6.07, 6.45) is 0.225. The molecular formula is C26H30F3N7O3. The number of amides is 1. The molecule has 1 aliphatic heterocycles. The standard InChI is InChI=1S/C26H30F3N7O3/c1-5-38-16-8-9-19-20-17(11-30-22(20)34-36(19)14-16)21-18(26(27,28)29)12-31-23(33-21)32-15-7-6-10-35(13-15)24(37)39-25(2,3)4/h8-9,11-12,14-15H,5-7,10,13H2,1-4H3,(H,30,34)(H,31,32,33)/t15-/m0/s1. The van der Waals surface area contributed by atoms with Gasteiger partial charge >= 0.3 is 12.3 Å². The molecule has 1 fully saturated rings. The number of halogens is 3. The molecule has 0 bridgehead atoms. The van der Waals surface area contributed by atoms with Crippen molar-refractivity contribution in [2.75, 3.05) is 25.0 Å². The molecule has 1 aliphatic rings. The van der Waals surface area contributed by atoms with Gasteiger partial charge in [-0.25, -0.2) is 19.3 Å². The van der Waals surface area contributed by atoms with Gasteiger partial charge < -0.3 is 24.7 Å². The Morgan fingerprint density at radius 1 is 1.26 bits per heavy atom. The fourth-order valence-corrected chi connectivity index (χ4v) is 4.68. The Morgan fingerprint density at radius 3 is 2.77 bits per heavy atom. The van der Waals surface area contributed by atoms with Crippen molar-refractivity contribution in [2.24, 2.45) is 0 Å². The quantitative estimate of drug-likeness (QED) is 0.341. The van der Waals surface area contributed by atoms with Crippen molar-refractivity contribution >= 4 is 28.6 Å². The third-order valence-corrected chi connectivity index (χ3v) is 6.29. The largest absolute Gasteiger partial charge is 0.492 e. The number of fused-ring (bicyclic) bond motifs is 3. The van der Waals surface area contributed by atoms with Gasteiger partial charge in [0.2, 0.25) is 5.95 Å². The zero-order chi connectivity index (χ0) is 27.9. The molecule has 2 N–H and O–H groups in total. The average Bonchev–Trinajstić information content (AvgIpc) is 3.41. The molecule has 13 heteroatoms. The van der Waals surface area contributed by atoms with Gasteiger partial charge in [-0.15, -0.1) is 5.10 Å². The minimum Gasteiger partial charge on any atom is -0.492 e. The van der Waals surface area contributed by atoms with Crippen LogP contribution < -0.4 is 10.1 Å². The number of anilines is 1. The second kappa shape index (κ2) is 9.93. The van der Waals surface area contributed by atoms with Crippen LogP contribution in [0.4, 0.5) is 23.9 Å². The summed E-state index contributed by atoms with van der Waals surface area (Å²) in [5.74, 6) is 0.632. The van der Waals surface area contributed by atoms with E-state index in [4.69, 9.17) is 9.47 Å². The van der Waals surface area contributed by atoms with E-state index >= 15 is 0 Å². The van der Waals surface area contributed by atoms with E-state index in [1.165, 1.54) is 6.20 Å². The number of alkyl halides is 3. The number of aromatic nitrogens is 5. The van der Waals surface area contributed by atoms with E-state index in [0.29, 0.717) is 54.8 Å². The van der Waals surface area contributed by atoms with Gasteiger partial charge in [-0.2, -0.15) is 13.2 Å². The summed E-state index contributed by atoms with van der Waals surface area (Å²) in [7, 11) is 0. The molecule has 0 aromatic carbocycles. The number of aromatic amines is 1. The molecule has 4 aromatic heterocycles. The summed E-state index contributed by atoms with van der Waals surface area (Å²) >= 11 is 0. The molecule has 10 nitrogen and oxygen atoms in total. The molecule has 1 atom stereocenters. The highest BCUT2D eigenvalue weighted by Gasteiger charge is 2.37. The number of ether oxygens (including phenoxy) is 2. The maximum absolute atomic E-state index is 14.1. The SMILES string of the molecule is CCOc1ccc2c3c(-c4nc(N[C@H]5CCCN(C(=O)OC(C)(C)C)C5)ncc4C(F)(F)F)c[nH]c3nn2c1. The van der Waals surface area contributed by atoms with Crippen molar-refractivity contribution < 1.29 is 27.4 Å². The molecule has 0 unspecified atom stereocenters. The lowest BCUT2D eigenvalue weighted by molar-refractivity contribution is -0.137. The highest BCUT2D eigenvalue weighted by Crippen LogP contribution is 2.40. The molecule has 39 heavy (non-hydrogen) atoms. The first kappa shape index (κ1) is 26.6. The predicted molar refractivity (Wildman–Crippen MR) is 139 cm³/mol. The molecule has 0 spiro atoms. The highest BCUT2D eigenvalue weighted by atomic mass is 19.4. The first-order chi connectivity index (χ1) is 18.4. The number of carbonyl (C=O) groups is 1. The number of piperidine rings is 1. The van der Waals surface area contributed by atoms with E-state index in [9.17, 15) is 18.0 Å². The van der Waals surface area contributed by atoms with E-state index in [1.54, 1.807) is 48.5 Å². The van der Waals surface area contributed by atoms with Gasteiger partial charge in [0.25, 0.3) is 0 Å². The van der Waals surface area contributed by atoms with Gasteiger partial charge in [0.1, 0.15) is 16.9 Å². The summed E-state index contributed by atoms with van der Waals surface area (Å²) in [4.78, 5) is 25.4. The maximum Gasteiger partial charge on any atom is 0.419 e. The summed E-state index contributed by atoms with van der Waals surface area (Å²) in [5.41, 5.74) is -0.589. The first-order valence-corrected chi connectivity index (χ1v) is 12.7. The number of nitrogens with zero attached hydrogens (tertiary/aromatic N) is 5. The van der Waals surface area contributed by atoms with Crippen molar-refractivity contribution in [3.05, 3.63) is 36.3 Å². The Kier molecular flexibility index (Phi) is 6.77. The van der Waals surface area contributed by atoms with E-state index in [-0.39, 0.29) is 23.2 Å². The van der Waals surface area contributed by atoms with Crippen LogP contribution in [0.1, 0.15) is 46.1 Å². The molecule has 5 heterocycles. The van der Waals surface area contributed by atoms with Crippen LogP contribution in [0.25, 0.3) is 27.8 Å². The van der Waals surface area contributed by atoms with Gasteiger partial charge in [-0.1, -0.05) is 0 Å². The van der Waals surface area contributed by atoms with Crippen LogP contribution in [0.2, 0.25) is 0 Å². The second-order valence-corrected chi connectivity index (χ2v) is 10.4. The number of H-pyrrole nitrogens is 1. The van der Waals surface area contributed by atoms with Crippen molar-refractivity contribution in [3.8, 4) is 17.0 Å². The normalized spacial score (nSPS) is 16.6. The number of rotatable bonds is 5. The third kappa shape index (κ3) is 5.57. The summed E-state index contributed by atoms with van der Waals surface area (Å²) in [6, 6.07) is 3.24. The lowest BCUT2D eigenvalue weighted by Crippen LogP contribution is -2.47. The summed E-state index contributed by atoms with van der Waals surface area (Å²) in [5, 5.41) is 8.08. The second-order valence-electron chi connectivity index (χ2n) is 10.4. The molecule has 208 valence electrons. The number of hydrogen-bond donors (Lipinski definition) is 2. The van der Waals surface area contributed by atoms with Crippen molar-refractivity contribution in [2.45, 2.75) is 58.4 Å². The van der Waals surface area contributed by atoms with Crippen LogP contribution in [0, 0.1) is 0 Å². The average molecular weight is 546 g/mol. The van der Waals surface area contributed by atoms with Crippen molar-refractivity contribution in [1.29, 1.82) is 0 Å². The number of likely N-dealkylation sites (tertiary alicyclic amines) is 1. The van der Waals surface area contributed by atoms with Gasteiger partial charge in [0.05, 0.1) is 29.4 Å². The molecule has 0 saturated carbocycles. The lowest BCUT2D eigenvalue weighted by atomic mass is 10.1. The third-order valence-electron chi connectivity index (χ3n) is 6.29. The van der Waals surface area contributed by atoms with E-state index < -0.39 is 23.4 Å². The zero-order valence-corrected chi connectivity index (χ0v) is 22.1. The van der Waals surface area contributed by atoms with E-state index in [0.717, 1.165) is 6.20 Å². The molecule has 4 aromatic rings. The Bertz CT molecular complexity index is 1510. The predicted octanol–water partition coefficient (Wildman–Crippen LogP) is 5.50. The van der Waals surface area contributed by atoms with Crippen LogP contribution in [0.3, 0.4) is 0 Å². The number of hydrogen-bond acceptors (Lipinski definition) is 7. The molecule has 0 aliphatic carbocycles. The first-order valence-electron chi connectivity index (χ1n) is 12.7. The topological polar surface area (TPSA) is 110 Å². The van der Waals surface area contributed by atoms with Crippen LogP contribution in [0.15, 0.2) is 30.7 Å². The smallest absolute Gasteiger partial charge is 0.419 e. The van der Waals surface area contributed by atoms with Gasteiger partial charge in [0.15, 0.2) is 5.65 Å². The monoisotopic (exact) mass is 545 g/mol. The molecule has 5 rings (SSSR count). The Labute approximate surface area is 222 Å². The fourth-order valence-electron chi connectivity index (χ4n) is 4.68. The minimum absolute atomic E-state index is 0.0403. The Hall–Kier alpha value is -4.03. The molecule has 0 radical (unpaired) electrons. The van der Waals surface area contributed by atoms with Crippen molar-refractivity contribution in [1.82, 2.24) is 29.5 Å². The van der Waals surface area contributed by atoms with Crippen LogP contribution in [-0.2, 0) is 10.9 Å². The maximum atomic E-state index is 14.1. The van der Waals surface area contributed by atoms with Crippen LogP contribution in [-0.4, -0.2) is 66.9 Å². The van der Waals surface area contributed by atoms with Crippen LogP contribution in [0.5, 0.6) is 5.75 Å². The highest BCUT2D eigenvalue weighted by molar-refractivity contribution is 6.04. The Morgan fingerprint density at radius 2 is 2.05 bits per heavy atom. The molecule has 1 saturated heterocycles. The zero-order valence-electron chi connectivity index (χ0n) is 22.1. The molecular weight excluding hydrogens is 515 g/mol. The van der Waals surface area contributed by atoms with Gasteiger partial charge in [-0.05, 0) is 52.7 Å². The fraction of sp³-hybridized carbons (Fsp3) is 0.462. The lowest BCUT2D eigenvalue weighted by Gasteiger charge is -2.34. The number of carbonyl (C=O) groups excluding carboxylic acids is 1. The summed E-state index contributed by atoms with van der Waals surface area (Å²) < 4.78 is 54.8. The van der Waals surface area contributed by atoms with Gasteiger partial charge in [-0.3, -0.25) is 0 Å². The van der Waals surface area contributed by atoms with E-state index in [2.05, 4.69) is 25.4 Å². The molecule has 1 amide bonds. The van der Waals surface area contributed by atoms with Gasteiger partial charge in [0, 0.05) is 37.1 Å². The van der Waals surface area contributed by atoms with Crippen LogP contribution >= 0.6 is 0 Å². The summed E-state index contributed by atoms with van der Waals surface area (Å²) in [6.45, 7) is 8.56. The van der Waals surface area contributed by atoms with Crippen molar-refractivity contribution in [3.63, 3.8) is 0 Å². The number of nitrogens with one attached hydrogen (secondary N) is 2. The Balaban J connectivity index is 1.48.